The number of amides is 1. The van der Waals surface area contributed by atoms with E-state index < -0.39 is 0 Å². The zero-order valence-corrected chi connectivity index (χ0v) is 17.0. The molecule has 6 nitrogen and oxygen atoms in total. The Morgan fingerprint density at radius 1 is 1.25 bits per heavy atom. The van der Waals surface area contributed by atoms with Crippen LogP contribution in [0.3, 0.4) is 0 Å². The number of pyridine rings is 1. The van der Waals surface area contributed by atoms with Crippen LogP contribution in [0, 0.1) is 6.92 Å². The summed E-state index contributed by atoms with van der Waals surface area (Å²) in [6, 6.07) is 10.9. The third kappa shape index (κ3) is 4.18. The Bertz CT molecular complexity index is 1050. The Hall–Kier alpha value is -2.83. The van der Waals surface area contributed by atoms with Crippen LogP contribution in [0.25, 0.3) is 22.2 Å². The van der Waals surface area contributed by atoms with Gasteiger partial charge in [0.2, 0.25) is 5.91 Å². The van der Waals surface area contributed by atoms with E-state index in [-0.39, 0.29) is 22.4 Å². The van der Waals surface area contributed by atoms with Gasteiger partial charge in [0.05, 0.1) is 29.9 Å². The maximum atomic E-state index is 12.0. The first-order valence-electron chi connectivity index (χ1n) is 8.71. The Morgan fingerprint density at radius 3 is 2.68 bits per heavy atom. The summed E-state index contributed by atoms with van der Waals surface area (Å²) in [4.78, 5) is 18.6. The minimum Gasteiger partial charge on any atom is -0.503 e. The van der Waals surface area contributed by atoms with Crippen LogP contribution in [0.4, 0.5) is 5.69 Å². The van der Waals surface area contributed by atoms with Crippen LogP contribution in [0.5, 0.6) is 11.5 Å². The first kappa shape index (κ1) is 19.9. The molecular weight excluding hydrogens is 378 g/mol. The number of halogens is 1. The molecule has 146 valence electrons. The molecule has 0 fully saturated rings. The number of anilines is 1. The number of methoxy groups -OCH3 is 1. The second-order valence-corrected chi connectivity index (χ2v) is 7.26. The summed E-state index contributed by atoms with van der Waals surface area (Å²) in [5, 5.41) is 14.0. The number of hydrogen-bond acceptors (Lipinski definition) is 5. The fourth-order valence-electron chi connectivity index (χ4n) is 2.99. The zero-order chi connectivity index (χ0) is 20.4. The number of phenolic OH excluding ortho intramolecular Hbond substituents is 1. The predicted octanol–water partition coefficient (Wildman–Crippen LogP) is 4.08. The van der Waals surface area contributed by atoms with E-state index in [1.54, 1.807) is 17.0 Å². The average Bonchev–Trinajstić information content (AvgIpc) is 2.62. The summed E-state index contributed by atoms with van der Waals surface area (Å²) in [6.07, 6.45) is 0. The first-order valence-corrected chi connectivity index (χ1v) is 9.09. The average molecular weight is 400 g/mol. The van der Waals surface area contributed by atoms with Crippen molar-refractivity contribution in [2.24, 2.45) is 0 Å². The maximum absolute atomic E-state index is 12.0. The van der Waals surface area contributed by atoms with Crippen molar-refractivity contribution in [3.05, 3.63) is 47.0 Å². The van der Waals surface area contributed by atoms with E-state index in [4.69, 9.17) is 21.3 Å². The molecule has 0 aliphatic carbocycles. The molecule has 7 heteroatoms. The van der Waals surface area contributed by atoms with Crippen LogP contribution in [-0.2, 0) is 4.79 Å². The number of rotatable bonds is 5. The summed E-state index contributed by atoms with van der Waals surface area (Å²) in [5.74, 6) is 0.0929. The SMILES string of the molecule is COc1cc(-c2cc(C)c3ccc(NC(=O)CN(C)C)cc3n2)cc(Cl)c1O. The molecule has 0 spiro atoms. The van der Waals surface area contributed by atoms with Crippen molar-refractivity contribution in [2.45, 2.75) is 6.92 Å². The van der Waals surface area contributed by atoms with Gasteiger partial charge in [0.1, 0.15) is 0 Å². The Kier molecular flexibility index (Phi) is 5.72. The van der Waals surface area contributed by atoms with Gasteiger partial charge in [-0.2, -0.15) is 0 Å². The quantitative estimate of drug-likeness (QED) is 0.676. The highest BCUT2D eigenvalue weighted by molar-refractivity contribution is 6.32. The molecule has 0 unspecified atom stereocenters. The molecule has 1 aromatic heterocycles. The molecule has 0 radical (unpaired) electrons. The molecule has 0 saturated heterocycles. The van der Waals surface area contributed by atoms with Gasteiger partial charge in [-0.25, -0.2) is 4.98 Å². The fourth-order valence-corrected chi connectivity index (χ4v) is 3.20. The zero-order valence-electron chi connectivity index (χ0n) is 16.2. The van der Waals surface area contributed by atoms with Gasteiger partial charge in [-0.05, 0) is 56.9 Å². The topological polar surface area (TPSA) is 74.7 Å². The Morgan fingerprint density at radius 2 is 2.00 bits per heavy atom. The molecule has 28 heavy (non-hydrogen) atoms. The van der Waals surface area contributed by atoms with Gasteiger partial charge in [-0.3, -0.25) is 4.79 Å². The lowest BCUT2D eigenvalue weighted by Crippen LogP contribution is -2.27. The normalized spacial score (nSPS) is 11.1. The van der Waals surface area contributed by atoms with Crippen molar-refractivity contribution in [1.82, 2.24) is 9.88 Å². The monoisotopic (exact) mass is 399 g/mol. The van der Waals surface area contributed by atoms with Gasteiger partial charge in [0.15, 0.2) is 11.5 Å². The van der Waals surface area contributed by atoms with Crippen molar-refractivity contribution in [1.29, 1.82) is 0 Å². The van der Waals surface area contributed by atoms with Crippen LogP contribution >= 0.6 is 11.6 Å². The smallest absolute Gasteiger partial charge is 0.238 e. The highest BCUT2D eigenvalue weighted by atomic mass is 35.5. The lowest BCUT2D eigenvalue weighted by atomic mass is 10.0. The van der Waals surface area contributed by atoms with E-state index in [2.05, 4.69) is 5.32 Å². The molecule has 1 heterocycles. The highest BCUT2D eigenvalue weighted by Gasteiger charge is 2.13. The van der Waals surface area contributed by atoms with E-state index in [0.29, 0.717) is 17.9 Å². The molecule has 0 atom stereocenters. The van der Waals surface area contributed by atoms with E-state index >= 15 is 0 Å². The lowest BCUT2D eigenvalue weighted by Gasteiger charge is -2.13. The van der Waals surface area contributed by atoms with Crippen LogP contribution in [0.15, 0.2) is 36.4 Å². The number of aromatic nitrogens is 1. The fraction of sp³-hybridized carbons (Fsp3) is 0.238. The van der Waals surface area contributed by atoms with E-state index in [9.17, 15) is 9.90 Å². The van der Waals surface area contributed by atoms with Crippen molar-refractivity contribution in [3.8, 4) is 22.8 Å². The van der Waals surface area contributed by atoms with Crippen LogP contribution in [0.1, 0.15) is 5.56 Å². The first-order chi connectivity index (χ1) is 13.3. The Balaban J connectivity index is 2.04. The summed E-state index contributed by atoms with van der Waals surface area (Å²) < 4.78 is 5.19. The van der Waals surface area contributed by atoms with Crippen molar-refractivity contribution < 1.29 is 14.6 Å². The number of carbonyl (C=O) groups is 1. The number of fused-ring (bicyclic) bond motifs is 1. The number of ether oxygens (including phenoxy) is 1. The second-order valence-electron chi connectivity index (χ2n) is 6.85. The Labute approximate surface area is 168 Å². The number of nitrogens with zero attached hydrogens (tertiary/aromatic N) is 2. The van der Waals surface area contributed by atoms with Gasteiger partial charge in [-0.1, -0.05) is 17.7 Å². The molecule has 2 N–H and O–H groups in total. The molecule has 0 saturated carbocycles. The number of aryl methyl sites for hydroxylation is 1. The number of likely N-dealkylation sites (N-methyl/N-ethyl adjacent to an activating group) is 1. The number of hydrogen-bond donors (Lipinski definition) is 2. The maximum Gasteiger partial charge on any atom is 0.238 e. The third-order valence-corrected chi connectivity index (χ3v) is 4.59. The van der Waals surface area contributed by atoms with Crippen LogP contribution in [-0.4, -0.2) is 48.6 Å². The molecule has 3 rings (SSSR count). The number of aromatic hydroxyl groups is 1. The molecule has 0 aliphatic rings. The molecule has 0 bridgehead atoms. The molecule has 1 amide bonds. The number of benzene rings is 2. The van der Waals surface area contributed by atoms with Gasteiger partial charge in [0, 0.05) is 16.6 Å². The molecule has 3 aromatic rings. The van der Waals surface area contributed by atoms with Crippen molar-refractivity contribution in [3.63, 3.8) is 0 Å². The molecular formula is C21H22ClN3O3. The lowest BCUT2D eigenvalue weighted by molar-refractivity contribution is -0.116. The van der Waals surface area contributed by atoms with E-state index in [0.717, 1.165) is 22.0 Å². The van der Waals surface area contributed by atoms with Gasteiger partial charge >= 0.3 is 0 Å². The summed E-state index contributed by atoms with van der Waals surface area (Å²) in [5.41, 5.74) is 3.90. The summed E-state index contributed by atoms with van der Waals surface area (Å²) in [6.45, 7) is 2.30. The van der Waals surface area contributed by atoms with E-state index in [1.165, 1.54) is 7.11 Å². The largest absolute Gasteiger partial charge is 0.503 e. The minimum absolute atomic E-state index is 0.0905. The van der Waals surface area contributed by atoms with Gasteiger partial charge < -0.3 is 20.1 Å². The van der Waals surface area contributed by atoms with Crippen LogP contribution in [0.2, 0.25) is 5.02 Å². The van der Waals surface area contributed by atoms with E-state index in [1.807, 2.05) is 45.3 Å². The summed E-state index contributed by atoms with van der Waals surface area (Å²) in [7, 11) is 5.15. The molecule has 0 aliphatic heterocycles. The number of carbonyl (C=O) groups excluding carboxylic acids is 1. The molecule has 2 aromatic carbocycles. The van der Waals surface area contributed by atoms with Crippen LogP contribution < -0.4 is 10.1 Å². The third-order valence-electron chi connectivity index (χ3n) is 4.30. The highest BCUT2D eigenvalue weighted by Crippen LogP contribution is 2.38. The number of nitrogens with one attached hydrogen (secondary N) is 1. The van der Waals surface area contributed by atoms with Crippen molar-refractivity contribution >= 4 is 34.1 Å². The van der Waals surface area contributed by atoms with Gasteiger partial charge in [-0.15, -0.1) is 0 Å². The number of phenols is 1. The predicted molar refractivity (Wildman–Crippen MR) is 112 cm³/mol. The second kappa shape index (κ2) is 8.04. The standard InChI is InChI=1S/C21H22ClN3O3/c1-12-7-17(13-8-16(22)21(27)19(9-13)28-4)24-18-10-14(5-6-15(12)18)23-20(26)11-25(2)3/h5-10,27H,11H2,1-4H3,(H,23,26). The van der Waals surface area contributed by atoms with Gasteiger partial charge in [0.25, 0.3) is 0 Å². The summed E-state index contributed by atoms with van der Waals surface area (Å²) >= 11 is 6.12. The van der Waals surface area contributed by atoms with Crippen molar-refractivity contribution in [2.75, 3.05) is 33.1 Å². The minimum atomic E-state index is -0.101.